The molecule has 0 saturated heterocycles. The number of rotatable bonds is 1. The molecule has 0 aromatic rings. The van der Waals surface area contributed by atoms with Crippen molar-refractivity contribution in [2.75, 3.05) is 0 Å². The van der Waals surface area contributed by atoms with Crippen molar-refractivity contribution in [1.29, 1.82) is 0 Å². The molecule has 1 aliphatic carbocycles. The van der Waals surface area contributed by atoms with E-state index in [4.69, 9.17) is 0 Å². The van der Waals surface area contributed by atoms with E-state index in [1.807, 2.05) is 0 Å². The molecule has 0 aliphatic heterocycles. The Kier molecular flexibility index (Phi) is 2.74. The molecule has 0 N–H and O–H groups in total. The monoisotopic (exact) mass is 176 g/mol. The zero-order valence-corrected chi connectivity index (χ0v) is 8.11. The lowest BCUT2D eigenvalue weighted by Crippen LogP contribution is -2.34. The molecule has 1 saturated carbocycles. The fourth-order valence-electron chi connectivity index (χ4n) is 1.97. The quantitative estimate of drug-likeness (QED) is 0.571. The van der Waals surface area contributed by atoms with Crippen molar-refractivity contribution in [1.82, 2.24) is 0 Å². The Labute approximate surface area is 73.3 Å². The van der Waals surface area contributed by atoms with Crippen LogP contribution in [0.25, 0.3) is 0 Å². The van der Waals surface area contributed by atoms with Gasteiger partial charge in [0.25, 0.3) is 5.92 Å². The van der Waals surface area contributed by atoms with Crippen LogP contribution in [0.1, 0.15) is 40.0 Å². The second-order valence-corrected chi connectivity index (χ2v) is 4.44. The summed E-state index contributed by atoms with van der Waals surface area (Å²) in [6.07, 6.45) is 1.50. The lowest BCUT2D eigenvalue weighted by atomic mass is 9.75. The molecule has 1 fully saturated rings. The molecule has 1 aliphatic rings. The summed E-state index contributed by atoms with van der Waals surface area (Å²) in [5.74, 6) is -1.74. The summed E-state index contributed by atoms with van der Waals surface area (Å²) in [6.45, 7) is 5.93. The molecule has 72 valence electrons. The Balaban J connectivity index is 2.52. The fourth-order valence-corrected chi connectivity index (χ4v) is 1.97. The molecule has 0 spiro atoms. The van der Waals surface area contributed by atoms with Crippen LogP contribution in [-0.4, -0.2) is 5.92 Å². The predicted molar refractivity (Wildman–Crippen MR) is 46.3 cm³/mol. The summed E-state index contributed by atoms with van der Waals surface area (Å²) in [4.78, 5) is 0. The minimum Gasteiger partial charge on any atom is -0.207 e. The Hall–Kier alpha value is -0.140. The van der Waals surface area contributed by atoms with Crippen LogP contribution in [-0.2, 0) is 0 Å². The topological polar surface area (TPSA) is 0 Å². The minimum absolute atomic E-state index is 0.0943. The van der Waals surface area contributed by atoms with E-state index in [9.17, 15) is 8.78 Å². The maximum atomic E-state index is 13.0. The van der Waals surface area contributed by atoms with E-state index in [0.29, 0.717) is 24.7 Å². The number of hydrogen-bond donors (Lipinski definition) is 0. The van der Waals surface area contributed by atoms with Crippen molar-refractivity contribution < 1.29 is 8.78 Å². The van der Waals surface area contributed by atoms with Gasteiger partial charge in [0.05, 0.1) is 0 Å². The maximum absolute atomic E-state index is 13.0. The molecule has 0 aromatic heterocycles. The van der Waals surface area contributed by atoms with E-state index in [0.717, 1.165) is 0 Å². The fraction of sp³-hybridized carbons (Fsp3) is 1.00. The van der Waals surface area contributed by atoms with Crippen LogP contribution in [0.5, 0.6) is 0 Å². The van der Waals surface area contributed by atoms with E-state index < -0.39 is 11.8 Å². The average Bonchev–Trinajstić information content (AvgIpc) is 1.94. The smallest absolute Gasteiger partial charge is 0.207 e. The van der Waals surface area contributed by atoms with Gasteiger partial charge in [0.2, 0.25) is 0 Å². The summed E-state index contributed by atoms with van der Waals surface area (Å²) >= 11 is 0. The van der Waals surface area contributed by atoms with E-state index >= 15 is 0 Å². The van der Waals surface area contributed by atoms with Crippen molar-refractivity contribution in [2.45, 2.75) is 46.0 Å². The lowest BCUT2D eigenvalue weighted by molar-refractivity contribution is -0.0951. The first-order valence-electron chi connectivity index (χ1n) is 4.81. The number of halogens is 2. The number of hydrogen-bond acceptors (Lipinski definition) is 0. The van der Waals surface area contributed by atoms with Crippen molar-refractivity contribution in [3.05, 3.63) is 0 Å². The minimum atomic E-state index is -2.40. The summed E-state index contributed by atoms with van der Waals surface area (Å²) in [5.41, 5.74) is 0. The Morgan fingerprint density at radius 1 is 1.33 bits per heavy atom. The van der Waals surface area contributed by atoms with Crippen LogP contribution < -0.4 is 0 Å². The van der Waals surface area contributed by atoms with Gasteiger partial charge in [0.1, 0.15) is 0 Å². The standard InChI is InChI=1S/C10H18F2/c1-7(2)9-4-5-10(11,12)8(3)6-9/h7-9H,4-6H2,1-3H3. The summed E-state index contributed by atoms with van der Waals surface area (Å²) in [6, 6.07) is 0. The van der Waals surface area contributed by atoms with E-state index in [-0.39, 0.29) is 6.42 Å². The van der Waals surface area contributed by atoms with Crippen LogP contribution in [0.15, 0.2) is 0 Å². The molecule has 0 radical (unpaired) electrons. The van der Waals surface area contributed by atoms with Gasteiger partial charge in [0.15, 0.2) is 0 Å². The second kappa shape index (κ2) is 3.31. The molecule has 0 nitrogen and oxygen atoms in total. The molecule has 2 heteroatoms. The Morgan fingerprint density at radius 3 is 2.33 bits per heavy atom. The van der Waals surface area contributed by atoms with E-state index in [2.05, 4.69) is 13.8 Å². The Bertz CT molecular complexity index is 152. The van der Waals surface area contributed by atoms with Crippen molar-refractivity contribution in [2.24, 2.45) is 17.8 Å². The first-order chi connectivity index (χ1) is 5.43. The highest BCUT2D eigenvalue weighted by molar-refractivity contribution is 4.84. The first-order valence-corrected chi connectivity index (χ1v) is 4.81. The molecule has 0 heterocycles. The van der Waals surface area contributed by atoms with Gasteiger partial charge >= 0.3 is 0 Å². The van der Waals surface area contributed by atoms with Crippen LogP contribution in [0.3, 0.4) is 0 Å². The molecule has 2 atom stereocenters. The van der Waals surface area contributed by atoms with Crippen molar-refractivity contribution >= 4 is 0 Å². The highest BCUT2D eigenvalue weighted by atomic mass is 19.3. The van der Waals surface area contributed by atoms with Gasteiger partial charge in [-0.3, -0.25) is 0 Å². The predicted octanol–water partition coefficient (Wildman–Crippen LogP) is 3.71. The van der Waals surface area contributed by atoms with Gasteiger partial charge in [-0.05, 0) is 24.7 Å². The van der Waals surface area contributed by atoms with E-state index in [1.165, 1.54) is 0 Å². The highest BCUT2D eigenvalue weighted by Crippen LogP contribution is 2.42. The molecule has 0 aromatic carbocycles. The van der Waals surface area contributed by atoms with Crippen molar-refractivity contribution in [3.8, 4) is 0 Å². The molecule has 2 unspecified atom stereocenters. The van der Waals surface area contributed by atoms with E-state index in [1.54, 1.807) is 6.92 Å². The third-order valence-corrected chi connectivity index (χ3v) is 3.17. The average molecular weight is 176 g/mol. The molecule has 0 bridgehead atoms. The zero-order chi connectivity index (χ0) is 9.35. The summed E-state index contributed by atoms with van der Waals surface area (Å²) in [5, 5.41) is 0. The molecular formula is C10H18F2. The SMILES string of the molecule is CC(C)C1CCC(F)(F)C(C)C1. The Morgan fingerprint density at radius 2 is 1.92 bits per heavy atom. The summed E-state index contributed by atoms with van der Waals surface area (Å²) < 4.78 is 26.1. The maximum Gasteiger partial charge on any atom is 0.250 e. The molecular weight excluding hydrogens is 158 g/mol. The van der Waals surface area contributed by atoms with Crippen LogP contribution >= 0.6 is 0 Å². The molecule has 0 amide bonds. The largest absolute Gasteiger partial charge is 0.250 e. The lowest BCUT2D eigenvalue weighted by Gasteiger charge is -2.35. The highest BCUT2D eigenvalue weighted by Gasteiger charge is 2.42. The third kappa shape index (κ3) is 1.96. The third-order valence-electron chi connectivity index (χ3n) is 3.17. The van der Waals surface area contributed by atoms with Gasteiger partial charge in [-0.15, -0.1) is 0 Å². The molecule has 1 rings (SSSR count). The van der Waals surface area contributed by atoms with Crippen LogP contribution in [0, 0.1) is 17.8 Å². The summed E-state index contributed by atoms with van der Waals surface area (Å²) in [7, 11) is 0. The van der Waals surface area contributed by atoms with Crippen molar-refractivity contribution in [3.63, 3.8) is 0 Å². The van der Waals surface area contributed by atoms with Gasteiger partial charge in [-0.1, -0.05) is 20.8 Å². The first kappa shape index (κ1) is 9.94. The van der Waals surface area contributed by atoms with Crippen LogP contribution in [0.4, 0.5) is 8.78 Å². The van der Waals surface area contributed by atoms with Gasteiger partial charge in [-0.2, -0.15) is 0 Å². The zero-order valence-electron chi connectivity index (χ0n) is 8.11. The van der Waals surface area contributed by atoms with Crippen LogP contribution in [0.2, 0.25) is 0 Å². The molecule has 12 heavy (non-hydrogen) atoms. The van der Waals surface area contributed by atoms with Gasteiger partial charge < -0.3 is 0 Å². The normalized spacial score (nSPS) is 35.5. The van der Waals surface area contributed by atoms with Gasteiger partial charge in [0, 0.05) is 12.3 Å². The second-order valence-electron chi connectivity index (χ2n) is 4.44. The number of alkyl halides is 2. The van der Waals surface area contributed by atoms with Gasteiger partial charge in [-0.25, -0.2) is 8.78 Å².